The Hall–Kier alpha value is -4.49. The van der Waals surface area contributed by atoms with E-state index < -0.39 is 0 Å². The molecule has 0 N–H and O–H groups in total. The van der Waals surface area contributed by atoms with E-state index in [1.54, 1.807) is 0 Å². The van der Waals surface area contributed by atoms with Crippen LogP contribution in [0, 0.1) is 6.92 Å². The van der Waals surface area contributed by atoms with Crippen LogP contribution in [0.15, 0.2) is 133 Å². The van der Waals surface area contributed by atoms with Crippen molar-refractivity contribution in [3.05, 3.63) is 150 Å². The number of hydrogen-bond acceptors (Lipinski definition) is 1. The van der Waals surface area contributed by atoms with E-state index in [0.29, 0.717) is 0 Å². The molecule has 1 atom stereocenters. The molecule has 186 valence electrons. The first-order chi connectivity index (χ1) is 18.5. The van der Waals surface area contributed by atoms with Crippen molar-refractivity contribution in [3.8, 4) is 33.4 Å². The Balaban J connectivity index is 1.49. The molecule has 0 amide bonds. The molecule has 0 bridgehead atoms. The minimum absolute atomic E-state index is 0.117. The van der Waals surface area contributed by atoms with Crippen LogP contribution >= 0.6 is 0 Å². The van der Waals surface area contributed by atoms with Gasteiger partial charge in [0.15, 0.2) is 0 Å². The fourth-order valence-corrected chi connectivity index (χ4v) is 5.02. The predicted octanol–water partition coefficient (Wildman–Crippen LogP) is 10.2. The molecule has 0 aromatic heterocycles. The van der Waals surface area contributed by atoms with E-state index >= 15 is 0 Å². The van der Waals surface area contributed by atoms with E-state index in [4.69, 9.17) is 4.99 Å². The van der Waals surface area contributed by atoms with Crippen LogP contribution in [0.5, 0.6) is 0 Å². The second-order valence-corrected chi connectivity index (χ2v) is 9.78. The van der Waals surface area contributed by atoms with Gasteiger partial charge < -0.3 is 0 Å². The summed E-state index contributed by atoms with van der Waals surface area (Å²) in [6.45, 7) is 10.5. The first-order valence-corrected chi connectivity index (χ1v) is 13.2. The maximum absolute atomic E-state index is 4.98. The number of aryl methyl sites for hydroxylation is 1. The van der Waals surface area contributed by atoms with Crippen LogP contribution in [0.3, 0.4) is 0 Å². The average Bonchev–Trinajstić information content (AvgIpc) is 2.97. The molecule has 0 heterocycles. The molecule has 0 aliphatic rings. The summed E-state index contributed by atoms with van der Waals surface area (Å²) in [5.41, 5.74) is 13.0. The molecule has 5 rings (SSSR count). The molecule has 38 heavy (non-hydrogen) atoms. The van der Waals surface area contributed by atoms with E-state index in [1.165, 1.54) is 44.5 Å². The second kappa shape index (κ2) is 11.3. The number of hydrogen-bond donors (Lipinski definition) is 0. The average molecular weight is 492 g/mol. The lowest BCUT2D eigenvalue weighted by molar-refractivity contribution is 0.819. The van der Waals surface area contributed by atoms with Crippen LogP contribution in [0.25, 0.3) is 39.5 Å². The van der Waals surface area contributed by atoms with Crippen LogP contribution in [0.1, 0.15) is 42.1 Å². The minimum atomic E-state index is 0.117. The third-order valence-corrected chi connectivity index (χ3v) is 7.18. The topological polar surface area (TPSA) is 12.4 Å². The second-order valence-electron chi connectivity index (χ2n) is 9.78. The van der Waals surface area contributed by atoms with Crippen molar-refractivity contribution in [1.82, 2.24) is 0 Å². The van der Waals surface area contributed by atoms with Crippen molar-refractivity contribution in [3.63, 3.8) is 0 Å². The van der Waals surface area contributed by atoms with Gasteiger partial charge in [-0.3, -0.25) is 4.99 Å². The molecule has 1 heteroatoms. The van der Waals surface area contributed by atoms with E-state index in [2.05, 4.69) is 143 Å². The van der Waals surface area contributed by atoms with Crippen molar-refractivity contribution in [1.29, 1.82) is 0 Å². The first-order valence-electron chi connectivity index (χ1n) is 13.2. The number of rotatable bonds is 7. The lowest BCUT2D eigenvalue weighted by Gasteiger charge is -2.15. The molecule has 1 nitrogen and oxygen atoms in total. The van der Waals surface area contributed by atoms with E-state index in [0.717, 1.165) is 16.8 Å². The molecule has 0 saturated heterocycles. The summed E-state index contributed by atoms with van der Waals surface area (Å²) in [6.07, 6.45) is 1.95. The van der Waals surface area contributed by atoms with Gasteiger partial charge in [-0.05, 0) is 94.6 Å². The summed E-state index contributed by atoms with van der Waals surface area (Å²) in [4.78, 5) is 4.98. The monoisotopic (exact) mass is 491 g/mol. The third kappa shape index (κ3) is 5.43. The Kier molecular flexibility index (Phi) is 7.47. The number of benzene rings is 5. The Morgan fingerprint density at radius 3 is 1.97 bits per heavy atom. The highest BCUT2D eigenvalue weighted by Gasteiger charge is 2.12. The van der Waals surface area contributed by atoms with Crippen LogP contribution in [-0.4, -0.2) is 5.71 Å². The highest BCUT2D eigenvalue weighted by atomic mass is 14.8. The van der Waals surface area contributed by atoms with Gasteiger partial charge in [-0.25, -0.2) is 0 Å². The van der Waals surface area contributed by atoms with Gasteiger partial charge in [0.2, 0.25) is 0 Å². The van der Waals surface area contributed by atoms with Gasteiger partial charge in [0.25, 0.3) is 0 Å². The van der Waals surface area contributed by atoms with Gasteiger partial charge in [0.1, 0.15) is 0 Å². The van der Waals surface area contributed by atoms with Crippen LogP contribution in [0.2, 0.25) is 0 Å². The van der Waals surface area contributed by atoms with E-state index in [9.17, 15) is 0 Å². The zero-order valence-electron chi connectivity index (χ0n) is 22.4. The third-order valence-electron chi connectivity index (χ3n) is 7.18. The minimum Gasteiger partial charge on any atom is -0.282 e. The fourth-order valence-electron chi connectivity index (χ4n) is 5.02. The standard InChI is InChI=1S/C37H33N/c1-5-29-19-20-35(34-18-12-17-33(24-34)31-15-10-7-11-16-31)25-37(29)36-22-21-32(23-26(36)2)28(4)38-27(3)30-13-8-6-9-14-30/h5-25,27H,1H2,2-4H3/b38-28+. The maximum Gasteiger partial charge on any atom is 0.0724 e. The first kappa shape index (κ1) is 25.2. The van der Waals surface area contributed by atoms with E-state index in [1.807, 2.05) is 12.1 Å². The van der Waals surface area contributed by atoms with Crippen molar-refractivity contribution >= 4 is 11.8 Å². The summed E-state index contributed by atoms with van der Waals surface area (Å²) in [5.74, 6) is 0. The molecule has 0 saturated carbocycles. The summed E-state index contributed by atoms with van der Waals surface area (Å²) >= 11 is 0. The Morgan fingerprint density at radius 2 is 1.29 bits per heavy atom. The van der Waals surface area contributed by atoms with Gasteiger partial charge in [-0.2, -0.15) is 0 Å². The zero-order chi connectivity index (χ0) is 26.5. The van der Waals surface area contributed by atoms with Crippen LogP contribution in [0.4, 0.5) is 0 Å². The Labute approximate surface area is 226 Å². The van der Waals surface area contributed by atoms with Crippen LogP contribution < -0.4 is 0 Å². The maximum atomic E-state index is 4.98. The summed E-state index contributed by atoms with van der Waals surface area (Å²) in [7, 11) is 0. The Bertz CT molecular complexity index is 1590. The summed E-state index contributed by atoms with van der Waals surface area (Å²) in [5, 5.41) is 0. The Morgan fingerprint density at radius 1 is 0.658 bits per heavy atom. The normalized spacial score (nSPS) is 12.2. The lowest BCUT2D eigenvalue weighted by Crippen LogP contribution is -2.00. The molecule has 1 unspecified atom stereocenters. The highest BCUT2D eigenvalue weighted by molar-refractivity contribution is 5.99. The smallest absolute Gasteiger partial charge is 0.0724 e. The largest absolute Gasteiger partial charge is 0.282 e. The fraction of sp³-hybridized carbons (Fsp3) is 0.108. The molecule has 0 aliphatic carbocycles. The lowest BCUT2D eigenvalue weighted by atomic mass is 9.90. The quantitative estimate of drug-likeness (QED) is 0.201. The molecule has 0 fully saturated rings. The van der Waals surface area contributed by atoms with Gasteiger partial charge >= 0.3 is 0 Å². The van der Waals surface area contributed by atoms with Crippen molar-refractivity contribution < 1.29 is 0 Å². The number of nitrogens with zero attached hydrogens (tertiary/aromatic N) is 1. The van der Waals surface area contributed by atoms with Gasteiger partial charge in [0, 0.05) is 5.71 Å². The van der Waals surface area contributed by atoms with Gasteiger partial charge in [-0.1, -0.05) is 116 Å². The SMILES string of the molecule is C=Cc1ccc(-c2cccc(-c3ccccc3)c2)cc1-c1ccc(/C(C)=N/C(C)c2ccccc2)cc1C. The molecule has 0 aliphatic heterocycles. The highest BCUT2D eigenvalue weighted by Crippen LogP contribution is 2.34. The summed E-state index contributed by atoms with van der Waals surface area (Å²) < 4.78 is 0. The molecule has 0 radical (unpaired) electrons. The molecular formula is C37H33N. The molecular weight excluding hydrogens is 458 g/mol. The van der Waals surface area contributed by atoms with Crippen LogP contribution in [-0.2, 0) is 0 Å². The number of aliphatic imine (C=N–C) groups is 1. The van der Waals surface area contributed by atoms with Crippen molar-refractivity contribution in [2.24, 2.45) is 4.99 Å². The molecule has 0 spiro atoms. The molecule has 5 aromatic rings. The molecule has 5 aromatic carbocycles. The van der Waals surface area contributed by atoms with Gasteiger partial charge in [0.05, 0.1) is 6.04 Å². The van der Waals surface area contributed by atoms with Crippen molar-refractivity contribution in [2.45, 2.75) is 26.8 Å². The zero-order valence-corrected chi connectivity index (χ0v) is 22.4. The van der Waals surface area contributed by atoms with Gasteiger partial charge in [-0.15, -0.1) is 0 Å². The summed E-state index contributed by atoms with van der Waals surface area (Å²) in [6, 6.07) is 43.2. The van der Waals surface area contributed by atoms with E-state index in [-0.39, 0.29) is 6.04 Å². The predicted molar refractivity (Wildman–Crippen MR) is 165 cm³/mol. The van der Waals surface area contributed by atoms with Crippen molar-refractivity contribution in [2.75, 3.05) is 0 Å².